The zero-order chi connectivity index (χ0) is 13.8. The van der Waals surface area contributed by atoms with Crippen molar-refractivity contribution in [3.63, 3.8) is 0 Å². The van der Waals surface area contributed by atoms with Crippen molar-refractivity contribution >= 4 is 5.91 Å². The van der Waals surface area contributed by atoms with Crippen molar-refractivity contribution < 1.29 is 4.79 Å². The van der Waals surface area contributed by atoms with Crippen LogP contribution in [0.2, 0.25) is 0 Å². The summed E-state index contributed by atoms with van der Waals surface area (Å²) < 4.78 is 1.02. The van der Waals surface area contributed by atoms with Gasteiger partial charge in [0.2, 0.25) is 5.91 Å². The number of nitrogens with one attached hydrogen (secondary N) is 1. The van der Waals surface area contributed by atoms with Gasteiger partial charge >= 0.3 is 0 Å². The van der Waals surface area contributed by atoms with E-state index >= 15 is 0 Å². The molecule has 2 rings (SSSR count). The van der Waals surface area contributed by atoms with Gasteiger partial charge in [-0.15, -0.1) is 0 Å². The highest BCUT2D eigenvalue weighted by Gasteiger charge is 2.10. The van der Waals surface area contributed by atoms with E-state index in [-0.39, 0.29) is 24.4 Å². The molecule has 0 fully saturated rings. The summed E-state index contributed by atoms with van der Waals surface area (Å²) in [5.41, 5.74) is 7.89. The first-order valence-electron chi connectivity index (χ1n) is 6.20. The smallest absolute Gasteiger partial charge is 0.273 e. The fourth-order valence-corrected chi connectivity index (χ4v) is 1.85. The second-order valence-corrected chi connectivity index (χ2v) is 4.54. The van der Waals surface area contributed by atoms with Gasteiger partial charge in [-0.05, 0) is 18.9 Å². The van der Waals surface area contributed by atoms with Gasteiger partial charge in [-0.3, -0.25) is 14.7 Å². The second kappa shape index (κ2) is 5.67. The Balaban J connectivity index is 2.03. The zero-order valence-corrected chi connectivity index (χ0v) is 10.8. The normalized spacial score (nSPS) is 10.6. The summed E-state index contributed by atoms with van der Waals surface area (Å²) >= 11 is 0. The van der Waals surface area contributed by atoms with Crippen LogP contribution in [0, 0.1) is 6.92 Å². The first-order valence-corrected chi connectivity index (χ1v) is 6.20. The molecule has 0 radical (unpaired) electrons. The summed E-state index contributed by atoms with van der Waals surface area (Å²) in [4.78, 5) is 23.5. The van der Waals surface area contributed by atoms with E-state index in [0.717, 1.165) is 10.2 Å². The standard InChI is InChI=1S/C14H17N3O2/c1-10-2-4-11(5-3-10)6-7-13(18)17-14(19)8-12(9-15)16-17/h2-5,8,16H,6-7,9,15H2,1H3. The quantitative estimate of drug-likeness (QED) is 0.866. The van der Waals surface area contributed by atoms with Crippen LogP contribution < -0.4 is 11.3 Å². The van der Waals surface area contributed by atoms with Gasteiger partial charge in [0.15, 0.2) is 0 Å². The van der Waals surface area contributed by atoms with Gasteiger partial charge in [-0.25, -0.2) is 0 Å². The lowest BCUT2D eigenvalue weighted by Crippen LogP contribution is -2.24. The van der Waals surface area contributed by atoms with Crippen molar-refractivity contribution in [3.05, 3.63) is 57.5 Å². The molecule has 2 aromatic rings. The molecule has 19 heavy (non-hydrogen) atoms. The van der Waals surface area contributed by atoms with E-state index in [9.17, 15) is 9.59 Å². The maximum Gasteiger partial charge on any atom is 0.273 e. The molecule has 100 valence electrons. The average Bonchev–Trinajstić information content (AvgIpc) is 2.79. The van der Waals surface area contributed by atoms with E-state index in [0.29, 0.717) is 12.1 Å². The van der Waals surface area contributed by atoms with E-state index in [1.54, 1.807) is 0 Å². The van der Waals surface area contributed by atoms with Gasteiger partial charge in [-0.1, -0.05) is 29.8 Å². The summed E-state index contributed by atoms with van der Waals surface area (Å²) in [5, 5.41) is 2.71. The summed E-state index contributed by atoms with van der Waals surface area (Å²) in [6, 6.07) is 9.35. The largest absolute Gasteiger partial charge is 0.325 e. The molecule has 0 amide bonds. The molecule has 0 aliphatic rings. The highest BCUT2D eigenvalue weighted by atomic mass is 16.2. The van der Waals surface area contributed by atoms with E-state index < -0.39 is 0 Å². The fraction of sp³-hybridized carbons (Fsp3) is 0.286. The number of carbonyl (C=O) groups is 1. The minimum absolute atomic E-state index is 0.216. The van der Waals surface area contributed by atoms with Gasteiger partial charge in [0.05, 0.1) is 5.69 Å². The van der Waals surface area contributed by atoms with Gasteiger partial charge in [0, 0.05) is 19.0 Å². The van der Waals surface area contributed by atoms with Crippen LogP contribution in [-0.4, -0.2) is 15.7 Å². The lowest BCUT2D eigenvalue weighted by atomic mass is 10.1. The molecule has 0 atom stereocenters. The van der Waals surface area contributed by atoms with Crippen molar-refractivity contribution in [1.82, 2.24) is 9.78 Å². The number of hydrogen-bond donors (Lipinski definition) is 2. The van der Waals surface area contributed by atoms with E-state index in [1.807, 2.05) is 31.2 Å². The number of hydrogen-bond acceptors (Lipinski definition) is 3. The lowest BCUT2D eigenvalue weighted by molar-refractivity contribution is 0.0882. The Morgan fingerprint density at radius 1 is 1.32 bits per heavy atom. The molecule has 0 saturated carbocycles. The summed E-state index contributed by atoms with van der Waals surface area (Å²) in [5.74, 6) is -0.245. The molecule has 5 heteroatoms. The lowest BCUT2D eigenvalue weighted by Gasteiger charge is -2.02. The van der Waals surface area contributed by atoms with Crippen LogP contribution in [0.4, 0.5) is 0 Å². The number of aromatic nitrogens is 2. The third-order valence-corrected chi connectivity index (χ3v) is 2.99. The van der Waals surface area contributed by atoms with Gasteiger partial charge < -0.3 is 5.73 Å². The topological polar surface area (TPSA) is 80.9 Å². The molecule has 1 aromatic carbocycles. The fourth-order valence-electron chi connectivity index (χ4n) is 1.85. The van der Waals surface area contributed by atoms with Crippen LogP contribution in [0.5, 0.6) is 0 Å². The molecule has 0 bridgehead atoms. The van der Waals surface area contributed by atoms with E-state index in [2.05, 4.69) is 5.10 Å². The Morgan fingerprint density at radius 2 is 2.00 bits per heavy atom. The SMILES string of the molecule is Cc1ccc(CCC(=O)n2[nH]c(CN)cc2=O)cc1. The van der Waals surface area contributed by atoms with E-state index in [1.165, 1.54) is 11.6 Å². The van der Waals surface area contributed by atoms with Crippen molar-refractivity contribution in [3.8, 4) is 0 Å². The minimum atomic E-state index is -0.352. The Bertz CT molecular complexity index is 623. The van der Waals surface area contributed by atoms with E-state index in [4.69, 9.17) is 5.73 Å². The Morgan fingerprint density at radius 3 is 2.58 bits per heavy atom. The van der Waals surface area contributed by atoms with Crippen LogP contribution in [0.25, 0.3) is 0 Å². The predicted molar refractivity (Wildman–Crippen MR) is 73.1 cm³/mol. The Labute approximate surface area is 111 Å². The molecule has 0 aliphatic heterocycles. The highest BCUT2D eigenvalue weighted by molar-refractivity contribution is 5.78. The molecular formula is C14H17N3O2. The van der Waals surface area contributed by atoms with Crippen LogP contribution in [-0.2, 0) is 13.0 Å². The molecule has 0 aliphatic carbocycles. The number of carbonyl (C=O) groups excluding carboxylic acids is 1. The molecule has 5 nitrogen and oxygen atoms in total. The number of H-pyrrole nitrogens is 1. The molecule has 1 heterocycles. The highest BCUT2D eigenvalue weighted by Crippen LogP contribution is 2.06. The van der Waals surface area contributed by atoms with Crippen LogP contribution >= 0.6 is 0 Å². The third kappa shape index (κ3) is 3.20. The predicted octanol–water partition coefficient (Wildman–Crippen LogP) is 1.22. The molecule has 0 unspecified atom stereocenters. The second-order valence-electron chi connectivity index (χ2n) is 4.54. The number of aryl methyl sites for hydroxylation is 2. The first-order chi connectivity index (χ1) is 9.10. The molecule has 3 N–H and O–H groups in total. The van der Waals surface area contributed by atoms with Crippen molar-refractivity contribution in [2.75, 3.05) is 0 Å². The Hall–Kier alpha value is -2.14. The summed E-state index contributed by atoms with van der Waals surface area (Å²) in [6.45, 7) is 2.23. The number of nitrogens with zero attached hydrogens (tertiary/aromatic N) is 1. The molecule has 1 aromatic heterocycles. The van der Waals surface area contributed by atoms with Gasteiger partial charge in [0.25, 0.3) is 5.56 Å². The van der Waals surface area contributed by atoms with Crippen LogP contribution in [0.3, 0.4) is 0 Å². The van der Waals surface area contributed by atoms with Crippen molar-refractivity contribution in [1.29, 1.82) is 0 Å². The van der Waals surface area contributed by atoms with Crippen LogP contribution in [0.1, 0.15) is 28.0 Å². The average molecular weight is 259 g/mol. The maximum absolute atomic E-state index is 11.9. The number of benzene rings is 1. The summed E-state index contributed by atoms with van der Waals surface area (Å²) in [7, 11) is 0. The zero-order valence-electron chi connectivity index (χ0n) is 10.8. The molecule has 0 spiro atoms. The monoisotopic (exact) mass is 259 g/mol. The molecular weight excluding hydrogens is 242 g/mol. The number of aromatic amines is 1. The van der Waals surface area contributed by atoms with Crippen molar-refractivity contribution in [2.45, 2.75) is 26.3 Å². The van der Waals surface area contributed by atoms with Gasteiger partial charge in [-0.2, -0.15) is 4.68 Å². The first kappa shape index (κ1) is 13.3. The van der Waals surface area contributed by atoms with Crippen LogP contribution in [0.15, 0.2) is 35.1 Å². The number of nitrogens with two attached hydrogens (primary N) is 1. The minimum Gasteiger partial charge on any atom is -0.325 e. The molecule has 0 saturated heterocycles. The van der Waals surface area contributed by atoms with Crippen molar-refractivity contribution in [2.24, 2.45) is 5.73 Å². The number of rotatable bonds is 4. The summed E-state index contributed by atoms with van der Waals surface area (Å²) in [6.07, 6.45) is 0.899. The third-order valence-electron chi connectivity index (χ3n) is 2.99. The Kier molecular flexibility index (Phi) is 3.97. The van der Waals surface area contributed by atoms with Gasteiger partial charge in [0.1, 0.15) is 0 Å². The maximum atomic E-state index is 11.9.